The second-order valence-corrected chi connectivity index (χ2v) is 19.2. The van der Waals surface area contributed by atoms with Crippen LogP contribution in [0, 0.1) is 0 Å². The molecule has 0 saturated heterocycles. The Morgan fingerprint density at radius 1 is 0.451 bits per heavy atom. The quantitative estimate of drug-likeness (QED) is 0.185. The molecule has 4 aromatic rings. The number of aliphatic hydroxyl groups excluding tert-OH is 3. The molecule has 276 valence electrons. The Bertz CT molecular complexity index is 1960. The van der Waals surface area contributed by atoms with Crippen molar-refractivity contribution in [2.24, 2.45) is 0 Å². The van der Waals surface area contributed by atoms with Gasteiger partial charge in [-0.05, 0) is 6.92 Å². The highest BCUT2D eigenvalue weighted by atomic mass is 32.1. The normalized spacial score (nSPS) is 22.3. The molecule has 3 N–H and O–H groups in total. The molecule has 8 heterocycles. The summed E-state index contributed by atoms with van der Waals surface area (Å²) in [6.45, 7) is 15.3. The highest BCUT2D eigenvalue weighted by molar-refractivity contribution is 7.29. The number of rotatable bonds is 6. The number of hydrogen-bond acceptors (Lipinski definition) is 15. The van der Waals surface area contributed by atoms with Gasteiger partial charge in [-0.2, -0.15) is 0 Å². The molecule has 4 aliphatic heterocycles. The smallest absolute Gasteiger partial charge is 0.182 e. The molecule has 4 aromatic heterocycles. The lowest BCUT2D eigenvalue weighted by molar-refractivity contribution is 0.0448. The molecule has 11 nitrogen and oxygen atoms in total. The van der Waals surface area contributed by atoms with Gasteiger partial charge < -0.3 is 53.2 Å². The maximum atomic E-state index is 10.1. The van der Waals surface area contributed by atoms with Crippen molar-refractivity contribution in [2.45, 2.75) is 83.7 Å². The zero-order valence-electron chi connectivity index (χ0n) is 29.5. The maximum absolute atomic E-state index is 10.1. The van der Waals surface area contributed by atoms with Gasteiger partial charge in [-0.3, -0.25) is 0 Å². The van der Waals surface area contributed by atoms with Gasteiger partial charge in [-0.1, -0.05) is 41.5 Å². The summed E-state index contributed by atoms with van der Waals surface area (Å²) in [6, 6.07) is 0. The predicted molar refractivity (Wildman–Crippen MR) is 198 cm³/mol. The standard InChI is InChI=1S/C36H42O11S4/c1-15-11-40-19-22(44-15)30(49-28(19)32-24-25(33(51-32)35(2,3)4)43-14-17(9-38)46-24)27-20-23(45-16(8-37)12-41-20)31(48-27)29-21-26(34(50-29)36(5,6)7)47-18(10-39)13-42-21/h15-18,37-39H,8-14H2,1-7H3. The summed E-state index contributed by atoms with van der Waals surface area (Å²) in [7, 11) is 0. The van der Waals surface area contributed by atoms with Gasteiger partial charge in [0.25, 0.3) is 0 Å². The van der Waals surface area contributed by atoms with Gasteiger partial charge >= 0.3 is 0 Å². The molecule has 0 bridgehead atoms. The molecule has 8 rings (SSSR count). The molecule has 51 heavy (non-hydrogen) atoms. The minimum atomic E-state index is -0.551. The monoisotopic (exact) mass is 778 g/mol. The van der Waals surface area contributed by atoms with E-state index in [4.69, 9.17) is 37.9 Å². The van der Waals surface area contributed by atoms with Crippen LogP contribution < -0.4 is 37.9 Å². The summed E-state index contributed by atoms with van der Waals surface area (Å²) < 4.78 is 51.2. The molecule has 4 aliphatic rings. The van der Waals surface area contributed by atoms with Crippen molar-refractivity contribution in [2.75, 3.05) is 46.2 Å². The van der Waals surface area contributed by atoms with Crippen molar-refractivity contribution >= 4 is 45.3 Å². The third-order valence-corrected chi connectivity index (χ3v) is 14.7. The average molecular weight is 779 g/mol. The van der Waals surface area contributed by atoms with Gasteiger partial charge in [0.15, 0.2) is 64.3 Å². The number of ether oxygens (including phenoxy) is 8. The topological polar surface area (TPSA) is 135 Å². The number of fused-ring (bicyclic) bond motifs is 4. The summed E-state index contributed by atoms with van der Waals surface area (Å²) in [5.41, 5.74) is -0.492. The van der Waals surface area contributed by atoms with Crippen LogP contribution in [-0.4, -0.2) is 86.0 Å². The van der Waals surface area contributed by atoms with Crippen LogP contribution in [0.25, 0.3) is 29.3 Å². The highest BCUT2D eigenvalue weighted by Crippen LogP contribution is 2.66. The third-order valence-electron chi connectivity index (χ3n) is 8.76. The summed E-state index contributed by atoms with van der Waals surface area (Å²) in [6.07, 6.45) is -1.71. The lowest BCUT2D eigenvalue weighted by Gasteiger charge is -2.27. The van der Waals surface area contributed by atoms with Crippen LogP contribution in [0.1, 0.15) is 58.2 Å². The van der Waals surface area contributed by atoms with Gasteiger partial charge in [0.05, 0.1) is 58.8 Å². The molecule has 4 atom stereocenters. The van der Waals surface area contributed by atoms with E-state index in [-0.39, 0.29) is 56.6 Å². The van der Waals surface area contributed by atoms with E-state index in [2.05, 4.69) is 41.5 Å². The Balaban J connectivity index is 1.33. The Morgan fingerprint density at radius 2 is 0.784 bits per heavy atom. The molecular formula is C36H42O11S4. The number of aliphatic hydroxyl groups is 3. The van der Waals surface area contributed by atoms with Crippen LogP contribution in [0.3, 0.4) is 0 Å². The fraction of sp³-hybridized carbons (Fsp3) is 0.556. The van der Waals surface area contributed by atoms with E-state index in [9.17, 15) is 15.3 Å². The van der Waals surface area contributed by atoms with E-state index in [0.717, 1.165) is 39.0 Å². The van der Waals surface area contributed by atoms with E-state index in [1.165, 1.54) is 22.7 Å². The van der Waals surface area contributed by atoms with E-state index in [1.807, 2.05) is 6.92 Å². The molecule has 0 radical (unpaired) electrons. The number of hydrogen-bond donors (Lipinski definition) is 3. The fourth-order valence-corrected chi connectivity index (χ4v) is 11.5. The first-order valence-corrected chi connectivity index (χ1v) is 20.3. The zero-order valence-corrected chi connectivity index (χ0v) is 32.8. The second-order valence-electron chi connectivity index (χ2n) is 15.1. The summed E-state index contributed by atoms with van der Waals surface area (Å²) in [4.78, 5) is 6.98. The van der Waals surface area contributed by atoms with Crippen LogP contribution in [0.5, 0.6) is 46.0 Å². The van der Waals surface area contributed by atoms with Crippen LogP contribution in [0.2, 0.25) is 0 Å². The minimum absolute atomic E-state index is 0.156. The maximum Gasteiger partial charge on any atom is 0.182 e. The molecule has 0 amide bonds. The van der Waals surface area contributed by atoms with Gasteiger partial charge in [0, 0.05) is 10.8 Å². The van der Waals surface area contributed by atoms with E-state index in [0.29, 0.717) is 52.6 Å². The lowest BCUT2D eigenvalue weighted by atomic mass is 9.93. The second kappa shape index (κ2) is 12.9. The molecule has 0 saturated carbocycles. The first-order valence-electron chi connectivity index (χ1n) is 17.0. The van der Waals surface area contributed by atoms with Crippen molar-refractivity contribution in [3.05, 3.63) is 9.75 Å². The Kier molecular flexibility index (Phi) is 8.88. The van der Waals surface area contributed by atoms with Gasteiger partial charge in [0.2, 0.25) is 0 Å². The van der Waals surface area contributed by atoms with Crippen molar-refractivity contribution in [3.63, 3.8) is 0 Å². The zero-order chi connectivity index (χ0) is 36.0. The van der Waals surface area contributed by atoms with Gasteiger partial charge in [-0.15, -0.1) is 45.3 Å². The Hall–Kier alpha value is -2.92. The first-order chi connectivity index (χ1) is 24.3. The van der Waals surface area contributed by atoms with Crippen molar-refractivity contribution in [1.29, 1.82) is 0 Å². The van der Waals surface area contributed by atoms with Crippen LogP contribution in [0.15, 0.2) is 0 Å². The van der Waals surface area contributed by atoms with Crippen LogP contribution in [-0.2, 0) is 10.8 Å². The molecular weight excluding hydrogens is 737 g/mol. The lowest BCUT2D eigenvalue weighted by Crippen LogP contribution is -2.33. The molecule has 4 unspecified atom stereocenters. The van der Waals surface area contributed by atoms with Crippen LogP contribution >= 0.6 is 45.3 Å². The fourth-order valence-electron chi connectivity index (χ4n) is 6.28. The first kappa shape index (κ1) is 35.1. The largest absolute Gasteiger partial charge is 0.485 e. The highest BCUT2D eigenvalue weighted by Gasteiger charge is 2.42. The Labute approximate surface area is 312 Å². The summed E-state index contributed by atoms with van der Waals surface area (Å²) in [5, 5.41) is 30.0. The average Bonchev–Trinajstić information content (AvgIpc) is 3.86. The molecule has 0 spiro atoms. The summed E-state index contributed by atoms with van der Waals surface area (Å²) >= 11 is 6.21. The van der Waals surface area contributed by atoms with Crippen molar-refractivity contribution < 1.29 is 53.2 Å². The molecule has 0 aromatic carbocycles. The van der Waals surface area contributed by atoms with Gasteiger partial charge in [-0.25, -0.2) is 0 Å². The minimum Gasteiger partial charge on any atom is -0.485 e. The number of thiophene rings is 4. The predicted octanol–water partition coefficient (Wildman–Crippen LogP) is 7.08. The third kappa shape index (κ3) is 5.92. The van der Waals surface area contributed by atoms with Gasteiger partial charge in [0.1, 0.15) is 32.5 Å². The van der Waals surface area contributed by atoms with Crippen molar-refractivity contribution in [3.8, 4) is 75.3 Å². The Morgan fingerprint density at radius 3 is 1.27 bits per heavy atom. The SMILES string of the molecule is CC1COc2c(-c3sc(C(C)(C)C)c4c3OC(CO)CO4)sc(-c3sc(-c4sc(C(C)(C)C)c5c4OCC(CO)O5)c4c3OCC(CO)O4)c2O1. The van der Waals surface area contributed by atoms with Crippen molar-refractivity contribution in [1.82, 2.24) is 0 Å². The van der Waals surface area contributed by atoms with E-state index in [1.54, 1.807) is 22.7 Å². The van der Waals surface area contributed by atoms with Crippen LogP contribution in [0.4, 0.5) is 0 Å². The molecule has 0 aliphatic carbocycles. The summed E-state index contributed by atoms with van der Waals surface area (Å²) in [5.74, 6) is 4.86. The van der Waals surface area contributed by atoms with E-state index >= 15 is 0 Å². The molecule has 15 heteroatoms. The van der Waals surface area contributed by atoms with E-state index < -0.39 is 18.3 Å². The molecule has 0 fully saturated rings.